The van der Waals surface area contributed by atoms with Crippen LogP contribution in [0.2, 0.25) is 0 Å². The number of ether oxygens (including phenoxy) is 3. The van der Waals surface area contributed by atoms with Gasteiger partial charge in [0.05, 0.1) is 26.2 Å². The van der Waals surface area contributed by atoms with Crippen LogP contribution in [-0.4, -0.2) is 26.1 Å². The Morgan fingerprint density at radius 1 is 0.900 bits per heavy atom. The molecule has 3 aromatic carbocycles. The van der Waals surface area contributed by atoms with E-state index in [2.05, 4.69) is 5.32 Å². The summed E-state index contributed by atoms with van der Waals surface area (Å²) in [4.78, 5) is 24.5. The highest BCUT2D eigenvalue weighted by molar-refractivity contribution is 6.06. The molecule has 0 fully saturated rings. The molecule has 0 atom stereocenters. The number of amides is 1. The Morgan fingerprint density at radius 3 is 2.27 bits per heavy atom. The zero-order valence-electron chi connectivity index (χ0n) is 16.5. The van der Waals surface area contributed by atoms with E-state index in [1.807, 2.05) is 0 Å². The van der Waals surface area contributed by atoms with Crippen LogP contribution < -0.4 is 19.5 Å². The van der Waals surface area contributed by atoms with E-state index in [-0.39, 0.29) is 18.1 Å². The number of carbonyl (C=O) groups is 2. The number of hydrogen-bond acceptors (Lipinski definition) is 5. The molecule has 3 aromatic rings. The van der Waals surface area contributed by atoms with Crippen molar-refractivity contribution in [2.75, 3.05) is 19.5 Å². The minimum absolute atomic E-state index is 0.0901. The fraction of sp³-hybridized carbons (Fsp3) is 0.130. The number of rotatable bonds is 7. The molecule has 0 bridgehead atoms. The van der Waals surface area contributed by atoms with Crippen LogP contribution in [0.25, 0.3) is 0 Å². The third-order valence-corrected chi connectivity index (χ3v) is 4.26. The topological polar surface area (TPSA) is 73.9 Å². The van der Waals surface area contributed by atoms with Crippen LogP contribution in [0.5, 0.6) is 17.2 Å². The summed E-state index contributed by atoms with van der Waals surface area (Å²) in [5, 5.41) is 2.76. The highest BCUT2D eigenvalue weighted by Crippen LogP contribution is 2.22. The molecule has 0 spiro atoms. The van der Waals surface area contributed by atoms with Gasteiger partial charge in [-0.3, -0.25) is 9.59 Å². The molecule has 0 aliphatic carbocycles. The Hall–Kier alpha value is -3.87. The van der Waals surface area contributed by atoms with Crippen molar-refractivity contribution in [3.63, 3.8) is 0 Å². The minimum atomic E-state index is -0.544. The molecule has 0 aliphatic heterocycles. The average Bonchev–Trinajstić information content (AvgIpc) is 2.75. The van der Waals surface area contributed by atoms with Crippen molar-refractivity contribution in [1.82, 2.24) is 0 Å². The molecule has 154 valence electrons. The standard InChI is InChI=1S/C23H20FNO5/c1-28-20-6-4-3-5-18(20)23(27)25-16-8-10-17(11-9-16)30-22(26)14-15-7-12-21(29-2)19(24)13-15/h3-13H,14H2,1-2H3,(H,25,27). The lowest BCUT2D eigenvalue weighted by atomic mass is 10.1. The molecule has 0 heterocycles. The first-order valence-electron chi connectivity index (χ1n) is 9.07. The first-order chi connectivity index (χ1) is 14.5. The predicted octanol–water partition coefficient (Wildman–Crippen LogP) is 4.24. The molecule has 3 rings (SSSR count). The summed E-state index contributed by atoms with van der Waals surface area (Å²) in [5.41, 5.74) is 1.41. The number of para-hydroxylation sites is 1. The quantitative estimate of drug-likeness (QED) is 0.467. The normalized spacial score (nSPS) is 10.2. The summed E-state index contributed by atoms with van der Waals surface area (Å²) >= 11 is 0. The van der Waals surface area contributed by atoms with Gasteiger partial charge in [0.1, 0.15) is 11.5 Å². The number of carbonyl (C=O) groups excluding carboxylic acids is 2. The third kappa shape index (κ3) is 5.14. The maximum atomic E-state index is 13.7. The van der Waals surface area contributed by atoms with E-state index in [1.165, 1.54) is 26.4 Å². The lowest BCUT2D eigenvalue weighted by Crippen LogP contribution is -2.13. The number of esters is 1. The van der Waals surface area contributed by atoms with Gasteiger partial charge in [-0.1, -0.05) is 18.2 Å². The molecule has 0 saturated heterocycles. The number of nitrogens with one attached hydrogen (secondary N) is 1. The summed E-state index contributed by atoms with van der Waals surface area (Å²) in [5.74, 6) is -0.514. The number of benzene rings is 3. The van der Waals surface area contributed by atoms with Gasteiger partial charge >= 0.3 is 5.97 Å². The fourth-order valence-corrected chi connectivity index (χ4v) is 2.79. The van der Waals surface area contributed by atoms with E-state index in [1.54, 1.807) is 54.6 Å². The van der Waals surface area contributed by atoms with Crippen molar-refractivity contribution in [3.05, 3.63) is 83.7 Å². The van der Waals surface area contributed by atoms with Crippen LogP contribution in [0, 0.1) is 5.82 Å². The van der Waals surface area contributed by atoms with Crippen molar-refractivity contribution in [1.29, 1.82) is 0 Å². The highest BCUT2D eigenvalue weighted by Gasteiger charge is 2.13. The highest BCUT2D eigenvalue weighted by atomic mass is 19.1. The van der Waals surface area contributed by atoms with E-state index in [0.717, 1.165) is 0 Å². The largest absolute Gasteiger partial charge is 0.496 e. The summed E-state index contributed by atoms with van der Waals surface area (Å²) in [6, 6.07) is 17.5. The molecule has 0 aliphatic rings. The van der Waals surface area contributed by atoms with Crippen molar-refractivity contribution < 1.29 is 28.2 Å². The van der Waals surface area contributed by atoms with E-state index >= 15 is 0 Å². The Kier molecular flexibility index (Phi) is 6.64. The fourth-order valence-electron chi connectivity index (χ4n) is 2.79. The Balaban J connectivity index is 1.59. The molecule has 7 heteroatoms. The van der Waals surface area contributed by atoms with Gasteiger partial charge in [0, 0.05) is 5.69 Å². The van der Waals surface area contributed by atoms with E-state index in [4.69, 9.17) is 14.2 Å². The second-order valence-electron chi connectivity index (χ2n) is 6.30. The monoisotopic (exact) mass is 409 g/mol. The molecule has 1 N–H and O–H groups in total. The lowest BCUT2D eigenvalue weighted by molar-refractivity contribution is -0.133. The van der Waals surface area contributed by atoms with Gasteiger partial charge in [0.15, 0.2) is 11.6 Å². The first kappa shape index (κ1) is 20.9. The second kappa shape index (κ2) is 9.56. The van der Waals surface area contributed by atoms with Crippen LogP contribution in [0.1, 0.15) is 15.9 Å². The summed E-state index contributed by atoms with van der Waals surface area (Å²) in [6.45, 7) is 0. The van der Waals surface area contributed by atoms with Crippen LogP contribution in [0.3, 0.4) is 0 Å². The summed E-state index contributed by atoms with van der Waals surface area (Å²) < 4.78 is 29.0. The molecular formula is C23H20FNO5. The van der Waals surface area contributed by atoms with Gasteiger partial charge in [-0.15, -0.1) is 0 Å². The maximum absolute atomic E-state index is 13.7. The minimum Gasteiger partial charge on any atom is -0.496 e. The molecule has 0 aromatic heterocycles. The van der Waals surface area contributed by atoms with Crippen molar-refractivity contribution >= 4 is 17.6 Å². The van der Waals surface area contributed by atoms with Gasteiger partial charge in [0.2, 0.25) is 0 Å². The molecule has 0 unspecified atom stereocenters. The Labute approximate surface area is 173 Å². The summed E-state index contributed by atoms with van der Waals surface area (Å²) in [6.07, 6.45) is -0.0901. The van der Waals surface area contributed by atoms with Crippen LogP contribution in [0.15, 0.2) is 66.7 Å². The van der Waals surface area contributed by atoms with Crippen LogP contribution in [-0.2, 0) is 11.2 Å². The maximum Gasteiger partial charge on any atom is 0.315 e. The third-order valence-electron chi connectivity index (χ3n) is 4.26. The van der Waals surface area contributed by atoms with Crippen LogP contribution >= 0.6 is 0 Å². The first-order valence-corrected chi connectivity index (χ1v) is 9.07. The molecule has 30 heavy (non-hydrogen) atoms. The van der Waals surface area contributed by atoms with E-state index in [9.17, 15) is 14.0 Å². The SMILES string of the molecule is COc1ccc(CC(=O)Oc2ccc(NC(=O)c3ccccc3OC)cc2)cc1F. The number of hydrogen-bond donors (Lipinski definition) is 1. The van der Waals surface area contributed by atoms with Crippen molar-refractivity contribution in [2.24, 2.45) is 0 Å². The van der Waals surface area contributed by atoms with Crippen molar-refractivity contribution in [3.8, 4) is 17.2 Å². The predicted molar refractivity (Wildman–Crippen MR) is 110 cm³/mol. The van der Waals surface area contributed by atoms with Gasteiger partial charge < -0.3 is 19.5 Å². The second-order valence-corrected chi connectivity index (χ2v) is 6.30. The van der Waals surface area contributed by atoms with Gasteiger partial charge in [-0.2, -0.15) is 0 Å². The van der Waals surface area contributed by atoms with E-state index in [0.29, 0.717) is 28.3 Å². The average molecular weight is 409 g/mol. The van der Waals surface area contributed by atoms with Gasteiger partial charge in [-0.05, 0) is 54.1 Å². The zero-order valence-corrected chi connectivity index (χ0v) is 16.5. The molecule has 0 radical (unpaired) electrons. The number of anilines is 1. The Morgan fingerprint density at radius 2 is 1.60 bits per heavy atom. The van der Waals surface area contributed by atoms with Crippen LogP contribution in [0.4, 0.5) is 10.1 Å². The summed E-state index contributed by atoms with van der Waals surface area (Å²) in [7, 11) is 2.87. The van der Waals surface area contributed by atoms with Gasteiger partial charge in [-0.25, -0.2) is 4.39 Å². The zero-order chi connectivity index (χ0) is 21.5. The lowest BCUT2D eigenvalue weighted by Gasteiger charge is -2.10. The molecule has 6 nitrogen and oxygen atoms in total. The van der Waals surface area contributed by atoms with E-state index < -0.39 is 11.8 Å². The van der Waals surface area contributed by atoms with Gasteiger partial charge in [0.25, 0.3) is 5.91 Å². The molecule has 1 amide bonds. The Bertz CT molecular complexity index is 1050. The number of methoxy groups -OCH3 is 2. The molecule has 0 saturated carbocycles. The number of halogens is 1. The van der Waals surface area contributed by atoms with Crippen molar-refractivity contribution in [2.45, 2.75) is 6.42 Å². The molecular weight excluding hydrogens is 389 g/mol. The smallest absolute Gasteiger partial charge is 0.315 e.